The first-order chi connectivity index (χ1) is 11.6. The van der Waals surface area contributed by atoms with Gasteiger partial charge in [-0.05, 0) is 29.6 Å². The normalized spacial score (nSPS) is 23.9. The summed E-state index contributed by atoms with van der Waals surface area (Å²) in [6, 6.07) is 10.1. The number of epoxide rings is 1. The van der Waals surface area contributed by atoms with Gasteiger partial charge in [-0.2, -0.15) is 0 Å². The standard InChI is InChI=1S/C20H34O4Si/c1-16(2)19(3,4)25(5,6)23-15-20(18(12-21)24-20)14-22-13-17-10-8-7-9-11-17/h7-11,16,18,21H,12-15H2,1-6H3/t18-,20+/m1/s1. The second kappa shape index (κ2) is 7.88. The molecule has 4 nitrogen and oxygen atoms in total. The molecule has 0 bridgehead atoms. The van der Waals surface area contributed by atoms with Crippen LogP contribution in [0.25, 0.3) is 0 Å². The van der Waals surface area contributed by atoms with Gasteiger partial charge in [0.05, 0.1) is 26.4 Å². The molecular formula is C20H34O4Si. The zero-order valence-corrected chi connectivity index (χ0v) is 17.5. The minimum atomic E-state index is -1.93. The molecule has 1 heterocycles. The van der Waals surface area contributed by atoms with Crippen LogP contribution in [0.1, 0.15) is 33.3 Å². The molecule has 142 valence electrons. The lowest BCUT2D eigenvalue weighted by Gasteiger charge is -2.43. The fourth-order valence-corrected chi connectivity index (χ4v) is 5.22. The molecule has 0 amide bonds. The molecular weight excluding hydrogens is 332 g/mol. The Morgan fingerprint density at radius 1 is 1.20 bits per heavy atom. The van der Waals surface area contributed by atoms with Gasteiger partial charge >= 0.3 is 0 Å². The van der Waals surface area contributed by atoms with Gasteiger partial charge in [0.2, 0.25) is 0 Å². The molecule has 5 heteroatoms. The van der Waals surface area contributed by atoms with Gasteiger partial charge in [0.1, 0.15) is 11.7 Å². The van der Waals surface area contributed by atoms with Crippen molar-refractivity contribution in [3.05, 3.63) is 35.9 Å². The van der Waals surface area contributed by atoms with E-state index in [9.17, 15) is 5.11 Å². The van der Waals surface area contributed by atoms with Gasteiger partial charge in [-0.3, -0.25) is 0 Å². The molecule has 25 heavy (non-hydrogen) atoms. The second-order valence-corrected chi connectivity index (χ2v) is 13.1. The summed E-state index contributed by atoms with van der Waals surface area (Å²) in [5.41, 5.74) is 0.635. The number of aliphatic hydroxyl groups is 1. The van der Waals surface area contributed by atoms with Crippen LogP contribution in [0.15, 0.2) is 30.3 Å². The first-order valence-electron chi connectivity index (χ1n) is 9.19. The predicted octanol–water partition coefficient (Wildman–Crippen LogP) is 3.99. The number of benzene rings is 1. The van der Waals surface area contributed by atoms with Gasteiger partial charge in [-0.25, -0.2) is 0 Å². The third-order valence-electron chi connectivity index (χ3n) is 6.20. The largest absolute Gasteiger partial charge is 0.414 e. The highest BCUT2D eigenvalue weighted by Gasteiger charge is 2.58. The van der Waals surface area contributed by atoms with Crippen LogP contribution in [-0.4, -0.2) is 44.9 Å². The van der Waals surface area contributed by atoms with Gasteiger partial charge in [-0.1, -0.05) is 58.0 Å². The predicted molar refractivity (Wildman–Crippen MR) is 103 cm³/mol. The molecule has 1 N–H and O–H groups in total. The highest BCUT2D eigenvalue weighted by Crippen LogP contribution is 2.46. The Kier molecular flexibility index (Phi) is 6.49. The van der Waals surface area contributed by atoms with Crippen molar-refractivity contribution in [2.75, 3.05) is 19.8 Å². The van der Waals surface area contributed by atoms with Crippen LogP contribution in [0.2, 0.25) is 18.1 Å². The topological polar surface area (TPSA) is 51.2 Å². The van der Waals surface area contributed by atoms with E-state index >= 15 is 0 Å². The summed E-state index contributed by atoms with van der Waals surface area (Å²) in [6.07, 6.45) is -0.185. The van der Waals surface area contributed by atoms with Crippen molar-refractivity contribution < 1.29 is 19.0 Å². The highest BCUT2D eigenvalue weighted by atomic mass is 28.4. The van der Waals surface area contributed by atoms with Crippen molar-refractivity contribution in [1.29, 1.82) is 0 Å². The molecule has 1 aromatic carbocycles. The maximum absolute atomic E-state index is 9.51. The molecule has 2 rings (SSSR count). The Balaban J connectivity index is 1.92. The van der Waals surface area contributed by atoms with Gasteiger partial charge in [-0.15, -0.1) is 0 Å². The van der Waals surface area contributed by atoms with E-state index < -0.39 is 13.9 Å². The van der Waals surface area contributed by atoms with Crippen LogP contribution in [0.3, 0.4) is 0 Å². The third kappa shape index (κ3) is 4.71. The van der Waals surface area contributed by atoms with Crippen LogP contribution in [0, 0.1) is 5.92 Å². The van der Waals surface area contributed by atoms with E-state index in [0.29, 0.717) is 25.7 Å². The number of aliphatic hydroxyl groups excluding tert-OH is 1. The minimum Gasteiger partial charge on any atom is -0.414 e. The Hall–Kier alpha value is -0.723. The van der Waals surface area contributed by atoms with Gasteiger partial charge in [0, 0.05) is 0 Å². The van der Waals surface area contributed by atoms with Crippen LogP contribution >= 0.6 is 0 Å². The van der Waals surface area contributed by atoms with Crippen molar-refractivity contribution in [1.82, 2.24) is 0 Å². The lowest BCUT2D eigenvalue weighted by molar-refractivity contribution is 0.0429. The molecule has 1 aliphatic heterocycles. The van der Waals surface area contributed by atoms with E-state index in [1.54, 1.807) is 0 Å². The van der Waals surface area contributed by atoms with Gasteiger partial charge < -0.3 is 19.0 Å². The smallest absolute Gasteiger partial charge is 0.192 e. The number of rotatable bonds is 10. The number of ether oxygens (including phenoxy) is 2. The molecule has 1 saturated heterocycles. The van der Waals surface area contributed by atoms with E-state index in [2.05, 4.69) is 40.8 Å². The number of hydrogen-bond acceptors (Lipinski definition) is 4. The van der Waals surface area contributed by atoms with E-state index in [0.717, 1.165) is 5.56 Å². The fraction of sp³-hybridized carbons (Fsp3) is 0.700. The minimum absolute atomic E-state index is 0.00755. The van der Waals surface area contributed by atoms with Gasteiger partial charge in [0.25, 0.3) is 0 Å². The maximum atomic E-state index is 9.51. The lowest BCUT2D eigenvalue weighted by Crippen LogP contribution is -2.48. The summed E-state index contributed by atoms with van der Waals surface area (Å²) in [7, 11) is -1.93. The molecule has 0 aliphatic carbocycles. The van der Waals surface area contributed by atoms with Crippen LogP contribution in [0.5, 0.6) is 0 Å². The van der Waals surface area contributed by atoms with Gasteiger partial charge in [0.15, 0.2) is 8.32 Å². The first-order valence-corrected chi connectivity index (χ1v) is 12.1. The van der Waals surface area contributed by atoms with E-state index in [1.165, 1.54) is 0 Å². The van der Waals surface area contributed by atoms with Crippen molar-refractivity contribution >= 4 is 8.32 Å². The van der Waals surface area contributed by atoms with E-state index in [1.807, 2.05) is 30.3 Å². The average Bonchev–Trinajstić information content (AvgIpc) is 3.27. The molecule has 1 aliphatic rings. The van der Waals surface area contributed by atoms with Crippen molar-refractivity contribution in [2.45, 2.75) is 64.1 Å². The third-order valence-corrected chi connectivity index (χ3v) is 10.7. The zero-order valence-electron chi connectivity index (χ0n) is 16.5. The molecule has 1 aromatic rings. The Morgan fingerprint density at radius 3 is 2.36 bits per heavy atom. The average molecular weight is 367 g/mol. The van der Waals surface area contributed by atoms with Crippen molar-refractivity contribution in [2.24, 2.45) is 5.92 Å². The summed E-state index contributed by atoms with van der Waals surface area (Å²) in [5, 5.41) is 9.67. The monoisotopic (exact) mass is 366 g/mol. The first kappa shape index (κ1) is 20.6. The Bertz CT molecular complexity index is 544. The van der Waals surface area contributed by atoms with Crippen molar-refractivity contribution in [3.8, 4) is 0 Å². The molecule has 0 aromatic heterocycles. The molecule has 0 unspecified atom stereocenters. The number of hydrogen-bond donors (Lipinski definition) is 1. The molecule has 0 spiro atoms. The SMILES string of the molecule is CC(C)C(C)(C)[Si](C)(C)OC[C@]1(COCc2ccccc2)O[C@@H]1CO. The fourth-order valence-electron chi connectivity index (χ4n) is 2.85. The quantitative estimate of drug-likeness (QED) is 0.502. The molecule has 0 radical (unpaired) electrons. The van der Waals surface area contributed by atoms with E-state index in [-0.39, 0.29) is 17.7 Å². The maximum Gasteiger partial charge on any atom is 0.192 e. The van der Waals surface area contributed by atoms with Crippen LogP contribution < -0.4 is 0 Å². The van der Waals surface area contributed by atoms with E-state index in [4.69, 9.17) is 13.9 Å². The summed E-state index contributed by atoms with van der Waals surface area (Å²) in [5.74, 6) is 0.549. The lowest BCUT2D eigenvalue weighted by atomic mass is 9.99. The van der Waals surface area contributed by atoms with Crippen molar-refractivity contribution in [3.63, 3.8) is 0 Å². The van der Waals surface area contributed by atoms with Crippen LogP contribution in [-0.2, 0) is 20.5 Å². The summed E-state index contributed by atoms with van der Waals surface area (Å²) >= 11 is 0. The highest BCUT2D eigenvalue weighted by molar-refractivity contribution is 6.74. The van der Waals surface area contributed by atoms with Crippen LogP contribution in [0.4, 0.5) is 0 Å². The Labute approximate surface area is 153 Å². The summed E-state index contributed by atoms with van der Waals surface area (Å²) in [4.78, 5) is 0. The zero-order chi connectivity index (χ0) is 18.7. The molecule has 0 saturated carbocycles. The Morgan fingerprint density at radius 2 is 1.84 bits per heavy atom. The summed E-state index contributed by atoms with van der Waals surface area (Å²) < 4.78 is 18.1. The molecule has 2 atom stereocenters. The summed E-state index contributed by atoms with van der Waals surface area (Å²) in [6.45, 7) is 15.1. The second-order valence-electron chi connectivity index (χ2n) is 8.51. The molecule has 1 fully saturated rings.